The molecule has 0 amide bonds. The number of carboxylic acids is 1. The molecule has 0 aromatic heterocycles. The van der Waals surface area contributed by atoms with E-state index in [1.54, 1.807) is 0 Å². The van der Waals surface area contributed by atoms with Crippen molar-refractivity contribution < 1.29 is 14.6 Å². The molecule has 1 fully saturated rings. The summed E-state index contributed by atoms with van der Waals surface area (Å²) in [4.78, 5) is 11.3. The van der Waals surface area contributed by atoms with Crippen molar-refractivity contribution in [1.29, 1.82) is 0 Å². The smallest absolute Gasteiger partial charge is 0.323 e. The summed E-state index contributed by atoms with van der Waals surface area (Å²) in [5, 5.41) is 12.4. The first kappa shape index (κ1) is 12.9. The molecule has 1 aromatic rings. The van der Waals surface area contributed by atoms with Gasteiger partial charge in [0.2, 0.25) is 0 Å². The molecule has 1 aliphatic heterocycles. The predicted octanol–water partition coefficient (Wildman–Crippen LogP) is 2.35. The van der Waals surface area contributed by atoms with Gasteiger partial charge < -0.3 is 9.84 Å². The average Bonchev–Trinajstić information content (AvgIpc) is 2.68. The molecule has 19 heavy (non-hydrogen) atoms. The Morgan fingerprint density at radius 3 is 2.95 bits per heavy atom. The topological polar surface area (TPSA) is 58.6 Å². The van der Waals surface area contributed by atoms with Crippen molar-refractivity contribution >= 4 is 21.9 Å². The zero-order valence-electron chi connectivity index (χ0n) is 10.5. The maximum Gasteiger partial charge on any atom is 0.323 e. The second kappa shape index (κ2) is 4.80. The van der Waals surface area contributed by atoms with Crippen LogP contribution in [-0.2, 0) is 11.2 Å². The maximum atomic E-state index is 11.3. The summed E-state index contributed by atoms with van der Waals surface area (Å²) in [6, 6.07) is 5.97. The second-order valence-corrected chi connectivity index (χ2v) is 6.23. The third-order valence-electron chi connectivity index (χ3n) is 4.05. The Labute approximate surface area is 120 Å². The lowest BCUT2D eigenvalue weighted by Crippen LogP contribution is -2.59. The monoisotopic (exact) mass is 325 g/mol. The number of ether oxygens (including phenoxy) is 1. The van der Waals surface area contributed by atoms with Crippen molar-refractivity contribution in [3.63, 3.8) is 0 Å². The van der Waals surface area contributed by atoms with Crippen molar-refractivity contribution in [2.75, 3.05) is 6.54 Å². The van der Waals surface area contributed by atoms with Gasteiger partial charge in [-0.2, -0.15) is 0 Å². The number of halogens is 1. The van der Waals surface area contributed by atoms with E-state index in [1.165, 1.54) is 5.56 Å². The molecule has 0 bridgehead atoms. The van der Waals surface area contributed by atoms with E-state index in [9.17, 15) is 9.90 Å². The van der Waals surface area contributed by atoms with Gasteiger partial charge in [0, 0.05) is 17.4 Å². The van der Waals surface area contributed by atoms with E-state index < -0.39 is 11.5 Å². The molecule has 3 rings (SSSR count). The molecule has 1 heterocycles. The number of carbonyl (C=O) groups is 1. The summed E-state index contributed by atoms with van der Waals surface area (Å²) in [7, 11) is 0. The van der Waals surface area contributed by atoms with Gasteiger partial charge in [0.25, 0.3) is 0 Å². The van der Waals surface area contributed by atoms with Crippen LogP contribution in [0.5, 0.6) is 5.75 Å². The number of hydrogen-bond donors (Lipinski definition) is 2. The number of carboxylic acid groups (broad SMARTS) is 1. The van der Waals surface area contributed by atoms with Crippen LogP contribution in [0.25, 0.3) is 0 Å². The van der Waals surface area contributed by atoms with E-state index in [2.05, 4.69) is 27.3 Å². The summed E-state index contributed by atoms with van der Waals surface area (Å²) in [6.45, 7) is 0.582. The number of benzene rings is 1. The largest absolute Gasteiger partial charge is 0.488 e. The first-order valence-corrected chi connectivity index (χ1v) is 7.32. The highest BCUT2D eigenvalue weighted by Crippen LogP contribution is 2.34. The fraction of sp³-hybridized carbons (Fsp3) is 0.500. The van der Waals surface area contributed by atoms with Crippen LogP contribution in [0.15, 0.2) is 22.7 Å². The zero-order chi connectivity index (χ0) is 13.5. The van der Waals surface area contributed by atoms with Crippen LogP contribution in [0.4, 0.5) is 0 Å². The maximum absolute atomic E-state index is 11.3. The van der Waals surface area contributed by atoms with Crippen molar-refractivity contribution in [2.45, 2.75) is 37.3 Å². The molecular formula is C14H16BrNO3. The molecule has 0 radical (unpaired) electrons. The first-order valence-electron chi connectivity index (χ1n) is 6.53. The van der Waals surface area contributed by atoms with Crippen LogP contribution in [0.1, 0.15) is 24.8 Å². The third kappa shape index (κ3) is 2.37. The molecule has 1 unspecified atom stereocenters. The van der Waals surface area contributed by atoms with Crippen LogP contribution in [0.2, 0.25) is 0 Å². The third-order valence-corrected chi connectivity index (χ3v) is 4.54. The molecule has 2 N–H and O–H groups in total. The summed E-state index contributed by atoms with van der Waals surface area (Å²) in [5.74, 6) is 0.171. The lowest BCUT2D eigenvalue weighted by molar-refractivity contribution is -0.149. The quantitative estimate of drug-likeness (QED) is 0.892. The highest BCUT2D eigenvalue weighted by Gasteiger charge is 2.44. The van der Waals surface area contributed by atoms with E-state index in [4.69, 9.17) is 4.74 Å². The Morgan fingerprint density at radius 1 is 1.53 bits per heavy atom. The first-order chi connectivity index (χ1) is 9.09. The Morgan fingerprint density at radius 2 is 2.32 bits per heavy atom. The second-order valence-electron chi connectivity index (χ2n) is 5.32. The van der Waals surface area contributed by atoms with Crippen molar-refractivity contribution in [3.8, 4) is 5.75 Å². The fourth-order valence-electron chi connectivity index (χ4n) is 2.71. The Kier molecular flexibility index (Phi) is 3.27. The Hall–Kier alpha value is -1.07. The van der Waals surface area contributed by atoms with Crippen molar-refractivity contribution in [3.05, 3.63) is 28.2 Å². The molecule has 102 valence electrons. The van der Waals surface area contributed by atoms with Gasteiger partial charge in [-0.1, -0.05) is 15.9 Å². The van der Waals surface area contributed by atoms with Crippen molar-refractivity contribution in [1.82, 2.24) is 5.32 Å². The van der Waals surface area contributed by atoms with Gasteiger partial charge in [-0.05, 0) is 43.0 Å². The number of rotatable bonds is 4. The lowest BCUT2D eigenvalue weighted by atomic mass is 9.76. The van der Waals surface area contributed by atoms with E-state index in [0.29, 0.717) is 19.4 Å². The van der Waals surface area contributed by atoms with Gasteiger partial charge in [0.05, 0.1) is 0 Å². The van der Waals surface area contributed by atoms with E-state index >= 15 is 0 Å². The fourth-order valence-corrected chi connectivity index (χ4v) is 3.12. The molecule has 2 aliphatic rings. The summed E-state index contributed by atoms with van der Waals surface area (Å²) in [6.07, 6.45) is 3.28. The predicted molar refractivity (Wildman–Crippen MR) is 74.5 cm³/mol. The molecule has 1 aromatic carbocycles. The molecule has 1 saturated carbocycles. The normalized spacial score (nSPS) is 23.3. The molecule has 1 atom stereocenters. The molecule has 5 heteroatoms. The lowest BCUT2D eigenvalue weighted by Gasteiger charge is -2.39. The number of hydrogen-bond acceptors (Lipinski definition) is 3. The molecule has 1 aliphatic carbocycles. The number of nitrogens with one attached hydrogen (secondary N) is 1. The van der Waals surface area contributed by atoms with Gasteiger partial charge in [-0.3, -0.25) is 10.1 Å². The van der Waals surface area contributed by atoms with Crippen LogP contribution in [0, 0.1) is 0 Å². The number of fused-ring (bicyclic) bond motifs is 1. The molecule has 4 nitrogen and oxygen atoms in total. The van der Waals surface area contributed by atoms with E-state index in [1.807, 2.05) is 12.1 Å². The highest BCUT2D eigenvalue weighted by molar-refractivity contribution is 9.10. The molecule has 0 saturated heterocycles. The van der Waals surface area contributed by atoms with Crippen molar-refractivity contribution in [2.24, 2.45) is 0 Å². The van der Waals surface area contributed by atoms with Crippen LogP contribution >= 0.6 is 15.9 Å². The SMILES string of the molecule is O=C(O)C1(NCC2Cc3cc(Br)ccc3O2)CCC1. The van der Waals surface area contributed by atoms with Gasteiger partial charge in [-0.25, -0.2) is 0 Å². The zero-order valence-corrected chi connectivity index (χ0v) is 12.1. The summed E-state index contributed by atoms with van der Waals surface area (Å²) in [5.41, 5.74) is 0.470. The highest BCUT2D eigenvalue weighted by atomic mass is 79.9. The van der Waals surface area contributed by atoms with E-state index in [-0.39, 0.29) is 6.10 Å². The van der Waals surface area contributed by atoms with Crippen LogP contribution < -0.4 is 10.1 Å². The van der Waals surface area contributed by atoms with Gasteiger partial charge >= 0.3 is 5.97 Å². The minimum atomic E-state index is -0.739. The molecule has 0 spiro atoms. The Balaban J connectivity index is 1.60. The van der Waals surface area contributed by atoms with Gasteiger partial charge in [0.1, 0.15) is 17.4 Å². The Bertz CT molecular complexity index is 513. The van der Waals surface area contributed by atoms with Crippen LogP contribution in [-0.4, -0.2) is 29.3 Å². The van der Waals surface area contributed by atoms with Gasteiger partial charge in [-0.15, -0.1) is 0 Å². The minimum Gasteiger partial charge on any atom is -0.488 e. The average molecular weight is 326 g/mol. The summed E-state index contributed by atoms with van der Waals surface area (Å²) < 4.78 is 6.88. The minimum absolute atomic E-state index is 0.0288. The standard InChI is InChI=1S/C14H16BrNO3/c15-10-2-3-12-9(6-10)7-11(19-12)8-16-14(13(17)18)4-1-5-14/h2-3,6,11,16H,1,4-5,7-8H2,(H,17,18). The summed E-state index contributed by atoms with van der Waals surface area (Å²) >= 11 is 3.45. The van der Waals surface area contributed by atoms with Crippen LogP contribution in [0.3, 0.4) is 0 Å². The van der Waals surface area contributed by atoms with E-state index in [0.717, 1.165) is 23.1 Å². The molecular weight excluding hydrogens is 310 g/mol. The van der Waals surface area contributed by atoms with Gasteiger partial charge in [0.15, 0.2) is 0 Å². The number of aliphatic carboxylic acids is 1.